The van der Waals surface area contributed by atoms with Crippen LogP contribution in [-0.4, -0.2) is 69.1 Å². The molecule has 34 heavy (non-hydrogen) atoms. The van der Waals surface area contributed by atoms with Crippen LogP contribution < -0.4 is 15.4 Å². The van der Waals surface area contributed by atoms with Gasteiger partial charge in [-0.25, -0.2) is 13.8 Å². The van der Waals surface area contributed by atoms with Crippen LogP contribution in [0, 0.1) is 11.2 Å². The molecular weight excluding hydrogens is 464 g/mol. The van der Waals surface area contributed by atoms with Crippen molar-refractivity contribution >= 4 is 28.5 Å². The zero-order chi connectivity index (χ0) is 25.5. The molecule has 8 nitrogen and oxygen atoms in total. The molecular formula is C23H31F2N5O3S. The SMILES string of the molecule is CC(F)COc1cc(C(=N)c2ncc(C=O)cc2NC(C)C)c(F)cn1.CNC1(C)CS(=O)C1. The van der Waals surface area contributed by atoms with Gasteiger partial charge in [-0.15, -0.1) is 0 Å². The lowest BCUT2D eigenvalue weighted by Gasteiger charge is -2.36. The van der Waals surface area contributed by atoms with Crippen molar-refractivity contribution in [3.8, 4) is 5.88 Å². The van der Waals surface area contributed by atoms with Gasteiger partial charge in [-0.2, -0.15) is 0 Å². The van der Waals surface area contributed by atoms with Gasteiger partial charge in [-0.1, -0.05) is 0 Å². The van der Waals surface area contributed by atoms with E-state index in [1.54, 1.807) is 6.07 Å². The van der Waals surface area contributed by atoms with E-state index in [-0.39, 0.29) is 41.0 Å². The molecule has 2 aromatic heterocycles. The number of nitrogens with one attached hydrogen (secondary N) is 3. The maximum atomic E-state index is 14.2. The first kappa shape index (κ1) is 27.5. The summed E-state index contributed by atoms with van der Waals surface area (Å²) in [4.78, 5) is 18.8. The van der Waals surface area contributed by atoms with Crippen molar-refractivity contribution in [2.75, 3.05) is 30.5 Å². The summed E-state index contributed by atoms with van der Waals surface area (Å²) in [5.74, 6) is 0.929. The lowest BCUT2D eigenvalue weighted by Crippen LogP contribution is -2.58. The third-order valence-electron chi connectivity index (χ3n) is 4.85. The monoisotopic (exact) mass is 495 g/mol. The smallest absolute Gasteiger partial charge is 0.214 e. The van der Waals surface area contributed by atoms with Crippen molar-refractivity contribution in [3.63, 3.8) is 0 Å². The number of nitrogens with zero attached hydrogens (tertiary/aromatic N) is 2. The summed E-state index contributed by atoms with van der Waals surface area (Å²) in [6.07, 6.45) is 1.66. The first-order valence-electron chi connectivity index (χ1n) is 10.8. The normalized spacial score (nSPS) is 19.9. The molecule has 186 valence electrons. The van der Waals surface area contributed by atoms with E-state index in [0.29, 0.717) is 17.5 Å². The Morgan fingerprint density at radius 1 is 1.29 bits per heavy atom. The van der Waals surface area contributed by atoms with Crippen LogP contribution in [0.3, 0.4) is 0 Å². The largest absolute Gasteiger partial charge is 0.475 e. The number of hydrogen-bond donors (Lipinski definition) is 3. The minimum absolute atomic E-state index is 0.0116. The number of carbonyl (C=O) groups is 1. The first-order valence-corrected chi connectivity index (χ1v) is 12.2. The van der Waals surface area contributed by atoms with Crippen molar-refractivity contribution in [2.45, 2.75) is 45.4 Å². The lowest BCUT2D eigenvalue weighted by molar-refractivity contribution is 0.112. The summed E-state index contributed by atoms with van der Waals surface area (Å²) in [6, 6.07) is 2.79. The minimum Gasteiger partial charge on any atom is -0.475 e. The highest BCUT2D eigenvalue weighted by molar-refractivity contribution is 7.86. The molecule has 0 aliphatic carbocycles. The van der Waals surface area contributed by atoms with Gasteiger partial charge in [0.15, 0.2) is 12.1 Å². The van der Waals surface area contributed by atoms with E-state index < -0.39 is 22.8 Å². The van der Waals surface area contributed by atoms with Crippen LogP contribution >= 0.6 is 0 Å². The average molecular weight is 496 g/mol. The Kier molecular flexibility index (Phi) is 9.75. The number of pyridine rings is 2. The standard InChI is InChI=1S/C18H20F2N4O2.C5H11NOS/c1-10(2)24-15-4-12(8-25)6-23-18(15)17(21)13-5-16(22-7-14(13)20)26-9-11(3)19;1-5(6-2)3-8(7)4-5/h4-8,10-11,21,24H,9H2,1-3H3;6H,3-4H2,1-2H3. The molecule has 0 bridgehead atoms. The molecule has 1 saturated heterocycles. The number of ether oxygens (including phenoxy) is 1. The second-order valence-electron chi connectivity index (χ2n) is 8.59. The molecule has 1 aliphatic heterocycles. The van der Waals surface area contributed by atoms with Crippen molar-refractivity contribution < 1.29 is 22.5 Å². The molecule has 0 aromatic carbocycles. The van der Waals surface area contributed by atoms with Gasteiger partial charge in [0.25, 0.3) is 0 Å². The number of anilines is 1. The predicted molar refractivity (Wildman–Crippen MR) is 130 cm³/mol. The zero-order valence-corrected chi connectivity index (χ0v) is 20.8. The highest BCUT2D eigenvalue weighted by Crippen LogP contribution is 2.23. The zero-order valence-electron chi connectivity index (χ0n) is 19.9. The quantitative estimate of drug-likeness (QED) is 0.361. The molecule has 0 amide bonds. The van der Waals surface area contributed by atoms with Crippen LogP contribution in [0.15, 0.2) is 24.5 Å². The highest BCUT2D eigenvalue weighted by atomic mass is 32.2. The van der Waals surface area contributed by atoms with E-state index in [1.807, 2.05) is 20.9 Å². The fraction of sp³-hybridized carbons (Fsp3) is 0.478. The van der Waals surface area contributed by atoms with Crippen LogP contribution in [0.2, 0.25) is 0 Å². The van der Waals surface area contributed by atoms with Gasteiger partial charge in [0.05, 0.1) is 17.6 Å². The second-order valence-corrected chi connectivity index (χ2v) is 10.0. The van der Waals surface area contributed by atoms with Gasteiger partial charge in [0.1, 0.15) is 18.5 Å². The summed E-state index contributed by atoms with van der Waals surface area (Å²) in [6.45, 7) is 6.97. The van der Waals surface area contributed by atoms with Crippen LogP contribution in [0.1, 0.15) is 49.3 Å². The van der Waals surface area contributed by atoms with Gasteiger partial charge in [-0.05, 0) is 40.8 Å². The Morgan fingerprint density at radius 3 is 2.47 bits per heavy atom. The molecule has 2 aromatic rings. The van der Waals surface area contributed by atoms with E-state index in [4.69, 9.17) is 10.1 Å². The maximum Gasteiger partial charge on any atom is 0.214 e. The van der Waals surface area contributed by atoms with Gasteiger partial charge in [0.2, 0.25) is 5.88 Å². The predicted octanol–water partition coefficient (Wildman–Crippen LogP) is 3.13. The number of halogens is 2. The number of alkyl halides is 1. The van der Waals surface area contributed by atoms with E-state index in [2.05, 4.69) is 27.5 Å². The van der Waals surface area contributed by atoms with Gasteiger partial charge < -0.3 is 15.4 Å². The Bertz CT molecular complexity index is 1040. The molecule has 1 unspecified atom stereocenters. The van der Waals surface area contributed by atoms with Gasteiger partial charge in [0, 0.05) is 57.3 Å². The van der Waals surface area contributed by atoms with E-state index in [1.165, 1.54) is 19.2 Å². The molecule has 1 fully saturated rings. The molecule has 3 N–H and O–H groups in total. The Hall–Kier alpha value is -2.79. The Balaban J connectivity index is 0.000000430. The third kappa shape index (κ3) is 7.63. The topological polar surface area (TPSA) is 117 Å². The van der Waals surface area contributed by atoms with Crippen molar-refractivity contribution in [2.24, 2.45) is 0 Å². The molecule has 3 heterocycles. The summed E-state index contributed by atoms with van der Waals surface area (Å²) >= 11 is 0. The number of hydrogen-bond acceptors (Lipinski definition) is 8. The Labute approximate surface area is 200 Å². The number of rotatable bonds is 9. The summed E-state index contributed by atoms with van der Waals surface area (Å²) in [7, 11) is 1.39. The fourth-order valence-electron chi connectivity index (χ4n) is 3.00. The molecule has 1 aliphatic rings. The van der Waals surface area contributed by atoms with Crippen molar-refractivity contribution in [1.82, 2.24) is 15.3 Å². The average Bonchev–Trinajstić information content (AvgIpc) is 2.77. The number of aromatic nitrogens is 2. The summed E-state index contributed by atoms with van der Waals surface area (Å²) in [5, 5.41) is 14.6. The molecule has 3 rings (SSSR count). The number of aldehydes is 1. The van der Waals surface area contributed by atoms with Crippen LogP contribution in [-0.2, 0) is 10.8 Å². The van der Waals surface area contributed by atoms with Crippen LogP contribution in [0.4, 0.5) is 14.5 Å². The van der Waals surface area contributed by atoms with Crippen molar-refractivity contribution in [1.29, 1.82) is 5.41 Å². The molecule has 11 heteroatoms. The van der Waals surface area contributed by atoms with Crippen molar-refractivity contribution in [3.05, 3.63) is 47.2 Å². The highest BCUT2D eigenvalue weighted by Gasteiger charge is 2.36. The first-order chi connectivity index (χ1) is 16.0. The van der Waals surface area contributed by atoms with Gasteiger partial charge in [-0.3, -0.25) is 19.4 Å². The summed E-state index contributed by atoms with van der Waals surface area (Å²) < 4.78 is 42.8. The third-order valence-corrected chi connectivity index (χ3v) is 6.77. The molecule has 0 spiro atoms. The van der Waals surface area contributed by atoms with E-state index >= 15 is 0 Å². The van der Waals surface area contributed by atoms with E-state index in [0.717, 1.165) is 17.7 Å². The number of carbonyl (C=O) groups excluding carboxylic acids is 1. The van der Waals surface area contributed by atoms with Gasteiger partial charge >= 0.3 is 0 Å². The van der Waals surface area contributed by atoms with Crippen LogP contribution in [0.25, 0.3) is 0 Å². The van der Waals surface area contributed by atoms with Crippen LogP contribution in [0.5, 0.6) is 5.88 Å². The molecule has 0 saturated carbocycles. The maximum absolute atomic E-state index is 14.2. The Morgan fingerprint density at radius 2 is 1.97 bits per heavy atom. The molecule has 1 atom stereocenters. The van der Waals surface area contributed by atoms with E-state index in [9.17, 15) is 17.8 Å². The fourth-order valence-corrected chi connectivity index (χ4v) is 4.62. The lowest BCUT2D eigenvalue weighted by atomic mass is 10.0. The molecule has 0 radical (unpaired) electrons. The minimum atomic E-state index is -1.20. The second kappa shape index (κ2) is 12.1. The summed E-state index contributed by atoms with van der Waals surface area (Å²) in [5.41, 5.74) is 0.847.